The van der Waals surface area contributed by atoms with Gasteiger partial charge in [0.1, 0.15) is 11.2 Å². The molecule has 0 saturated heterocycles. The van der Waals surface area contributed by atoms with Crippen molar-refractivity contribution in [1.29, 1.82) is 0 Å². The van der Waals surface area contributed by atoms with Gasteiger partial charge < -0.3 is 13.9 Å². The van der Waals surface area contributed by atoms with Crippen molar-refractivity contribution >= 4 is 82.4 Å². The van der Waals surface area contributed by atoms with Gasteiger partial charge in [-0.05, 0) is 145 Å². The molecule has 0 fully saturated rings. The second-order valence-electron chi connectivity index (χ2n) is 18.5. The van der Waals surface area contributed by atoms with Gasteiger partial charge in [0.2, 0.25) is 0 Å². The van der Waals surface area contributed by atoms with Crippen LogP contribution >= 0.6 is 0 Å². The first kappa shape index (κ1) is 40.6. The Balaban J connectivity index is 0.823. The molecule has 332 valence electrons. The van der Waals surface area contributed by atoms with Crippen molar-refractivity contribution in [1.82, 2.24) is 4.57 Å². The van der Waals surface area contributed by atoms with Gasteiger partial charge in [0.25, 0.3) is 0 Å². The first-order valence-electron chi connectivity index (χ1n) is 24.3. The molecule has 0 aliphatic rings. The molecule has 0 N–H and O–H groups in total. The van der Waals surface area contributed by atoms with E-state index in [0.29, 0.717) is 0 Å². The summed E-state index contributed by atoms with van der Waals surface area (Å²) in [6.45, 7) is 0. The zero-order chi connectivity index (χ0) is 46.8. The van der Waals surface area contributed by atoms with E-state index in [1.165, 1.54) is 71.2 Å². The minimum Gasteiger partial charge on any atom is -0.456 e. The third-order valence-corrected chi connectivity index (χ3v) is 14.4. The van der Waals surface area contributed by atoms with Crippen LogP contribution in [0.5, 0.6) is 0 Å². The lowest BCUT2D eigenvalue weighted by Crippen LogP contribution is -2.11. The number of anilines is 3. The van der Waals surface area contributed by atoms with Crippen LogP contribution in [0.4, 0.5) is 17.1 Å². The zero-order valence-corrected chi connectivity index (χ0v) is 38.7. The summed E-state index contributed by atoms with van der Waals surface area (Å²) in [6.07, 6.45) is 0. The van der Waals surface area contributed by atoms with Crippen LogP contribution in [-0.4, -0.2) is 4.57 Å². The van der Waals surface area contributed by atoms with Crippen LogP contribution in [0.2, 0.25) is 0 Å². The first-order valence-corrected chi connectivity index (χ1v) is 24.3. The highest BCUT2D eigenvalue weighted by atomic mass is 16.3. The lowest BCUT2D eigenvalue weighted by atomic mass is 9.97. The predicted octanol–water partition coefficient (Wildman–Crippen LogP) is 19.1. The number of hydrogen-bond donors (Lipinski definition) is 0. The third kappa shape index (κ3) is 6.97. The van der Waals surface area contributed by atoms with Crippen LogP contribution in [0.3, 0.4) is 0 Å². The maximum Gasteiger partial charge on any atom is 0.136 e. The Bertz CT molecular complexity index is 4280. The first-order chi connectivity index (χ1) is 35.2. The van der Waals surface area contributed by atoms with E-state index < -0.39 is 0 Å². The average molecular weight is 905 g/mol. The number of fused-ring (bicyclic) bond motifs is 9. The summed E-state index contributed by atoms with van der Waals surface area (Å²) in [5, 5.41) is 9.82. The van der Waals surface area contributed by atoms with Gasteiger partial charge in [0.05, 0.1) is 16.7 Å². The van der Waals surface area contributed by atoms with Crippen molar-refractivity contribution in [2.75, 3.05) is 4.90 Å². The van der Waals surface area contributed by atoms with Crippen molar-refractivity contribution in [2.45, 2.75) is 0 Å². The molecule has 71 heavy (non-hydrogen) atoms. The molecule has 0 unspecified atom stereocenters. The summed E-state index contributed by atoms with van der Waals surface area (Å²) in [5.41, 5.74) is 17.8. The van der Waals surface area contributed by atoms with Crippen LogP contribution in [0, 0.1) is 0 Å². The fraction of sp³-hybridized carbons (Fsp3) is 0. The predicted molar refractivity (Wildman–Crippen MR) is 299 cm³/mol. The summed E-state index contributed by atoms with van der Waals surface area (Å²) in [7, 11) is 0. The van der Waals surface area contributed by atoms with Gasteiger partial charge in [-0.2, -0.15) is 0 Å². The molecule has 14 aromatic rings. The molecule has 3 nitrogen and oxygen atoms in total. The Labute approximate surface area is 411 Å². The molecule has 0 saturated carbocycles. The van der Waals surface area contributed by atoms with Gasteiger partial charge >= 0.3 is 0 Å². The van der Waals surface area contributed by atoms with E-state index in [9.17, 15) is 0 Å². The number of nitrogens with zero attached hydrogens (tertiary/aromatic N) is 2. The number of benzene rings is 12. The van der Waals surface area contributed by atoms with Crippen molar-refractivity contribution in [3.63, 3.8) is 0 Å². The lowest BCUT2D eigenvalue weighted by molar-refractivity contribution is 0.669. The van der Waals surface area contributed by atoms with Gasteiger partial charge in [-0.15, -0.1) is 0 Å². The molecule has 0 atom stereocenters. The van der Waals surface area contributed by atoms with Gasteiger partial charge in [-0.3, -0.25) is 0 Å². The lowest BCUT2D eigenvalue weighted by Gasteiger charge is -2.28. The van der Waals surface area contributed by atoms with Crippen LogP contribution in [-0.2, 0) is 0 Å². The number of furan rings is 1. The molecule has 0 radical (unpaired) electrons. The third-order valence-electron chi connectivity index (χ3n) is 14.4. The maximum atomic E-state index is 6.41. The molecule has 0 amide bonds. The van der Waals surface area contributed by atoms with E-state index in [1.807, 2.05) is 12.1 Å². The minimum atomic E-state index is 0.878. The molecule has 14 rings (SSSR count). The van der Waals surface area contributed by atoms with E-state index >= 15 is 0 Å². The number of rotatable bonds is 8. The molecule has 2 aromatic heterocycles. The van der Waals surface area contributed by atoms with Crippen LogP contribution in [0.1, 0.15) is 0 Å². The number of para-hydroxylation sites is 4. The highest BCUT2D eigenvalue weighted by Crippen LogP contribution is 2.44. The minimum absolute atomic E-state index is 0.878. The Morgan fingerprint density at radius 1 is 0.282 bits per heavy atom. The summed E-state index contributed by atoms with van der Waals surface area (Å²) in [4.78, 5) is 2.38. The average Bonchev–Trinajstić information content (AvgIpc) is 3.99. The van der Waals surface area contributed by atoms with Crippen molar-refractivity contribution in [2.24, 2.45) is 0 Å². The fourth-order valence-electron chi connectivity index (χ4n) is 10.9. The van der Waals surface area contributed by atoms with E-state index in [0.717, 1.165) is 61.4 Å². The van der Waals surface area contributed by atoms with E-state index in [1.54, 1.807) is 0 Å². The molecular weight excluding hydrogens is 861 g/mol. The SMILES string of the molecule is c1cc(-c2ccc(N(c3ccc(-c4ccc5c(ccc6ccccc65)c4)cc3)c3ccccc3-c3ccc4c(c3)oc3ccccc34)cc2)cc(-c2ccc(-n3c4ccccc4c4ccccc43)cc2)c1. The number of aromatic nitrogens is 1. The molecule has 3 heteroatoms. The second kappa shape index (κ2) is 16.7. The van der Waals surface area contributed by atoms with Crippen molar-refractivity contribution in [3.05, 3.63) is 267 Å². The van der Waals surface area contributed by atoms with E-state index in [4.69, 9.17) is 4.42 Å². The smallest absolute Gasteiger partial charge is 0.136 e. The van der Waals surface area contributed by atoms with Crippen LogP contribution in [0.25, 0.3) is 115 Å². The molecule has 2 heterocycles. The van der Waals surface area contributed by atoms with E-state index in [2.05, 4.69) is 264 Å². The highest BCUT2D eigenvalue weighted by molar-refractivity contribution is 6.10. The summed E-state index contributed by atoms with van der Waals surface area (Å²) in [6, 6.07) is 96.7. The highest BCUT2D eigenvalue weighted by Gasteiger charge is 2.19. The monoisotopic (exact) mass is 904 g/mol. The topological polar surface area (TPSA) is 21.3 Å². The normalized spacial score (nSPS) is 11.7. The van der Waals surface area contributed by atoms with E-state index in [-0.39, 0.29) is 0 Å². The molecular formula is C68H44N2O. The van der Waals surface area contributed by atoms with Crippen molar-refractivity contribution in [3.8, 4) is 50.2 Å². The summed E-state index contributed by atoms with van der Waals surface area (Å²) >= 11 is 0. The molecule has 0 bridgehead atoms. The second-order valence-corrected chi connectivity index (χ2v) is 18.5. The Morgan fingerprint density at radius 2 is 0.775 bits per heavy atom. The van der Waals surface area contributed by atoms with Crippen LogP contribution < -0.4 is 4.90 Å². The maximum absolute atomic E-state index is 6.41. The zero-order valence-electron chi connectivity index (χ0n) is 38.7. The largest absolute Gasteiger partial charge is 0.456 e. The van der Waals surface area contributed by atoms with Gasteiger partial charge in [0.15, 0.2) is 0 Å². The molecule has 0 aliphatic heterocycles. The summed E-state index contributed by atoms with van der Waals surface area (Å²) < 4.78 is 8.78. The van der Waals surface area contributed by atoms with Gasteiger partial charge in [-0.25, -0.2) is 0 Å². The molecule has 0 aliphatic carbocycles. The molecule has 12 aromatic carbocycles. The summed E-state index contributed by atoms with van der Waals surface area (Å²) in [5.74, 6) is 0. The quantitative estimate of drug-likeness (QED) is 0.142. The Kier molecular flexibility index (Phi) is 9.53. The standard InChI is InChI=1S/C68H44N2O/c1-2-15-57-48(12-1)24-25-52-43-51(32-40-58(52)57)47-28-36-55(37-29-47)69(64-20-7-3-16-59(64)53-33-41-63-62-19-6-10-23-67(62)71-68(63)44-53)54-34-26-45(27-35-54)49-13-11-14-50(42-49)46-30-38-56(39-31-46)70-65-21-8-4-17-60(65)61-18-5-9-22-66(61)70/h1-44H. The van der Waals surface area contributed by atoms with Gasteiger partial charge in [-0.1, -0.05) is 182 Å². The van der Waals surface area contributed by atoms with Crippen molar-refractivity contribution < 1.29 is 4.42 Å². The van der Waals surface area contributed by atoms with Gasteiger partial charge in [0, 0.05) is 44.2 Å². The fourth-order valence-corrected chi connectivity index (χ4v) is 10.9. The van der Waals surface area contributed by atoms with Crippen LogP contribution in [0.15, 0.2) is 271 Å². The molecule has 0 spiro atoms. The Hall–Kier alpha value is -9.44. The number of hydrogen-bond acceptors (Lipinski definition) is 2. The Morgan fingerprint density at radius 3 is 1.48 bits per heavy atom.